The minimum absolute atomic E-state index is 0.0322. The molecule has 0 fully saturated rings. The number of fused-ring (bicyclic) bond motifs is 1. The molecule has 3 rings (SSSR count). The van der Waals surface area contributed by atoms with E-state index in [0.29, 0.717) is 5.56 Å². The van der Waals surface area contributed by atoms with Crippen molar-refractivity contribution in [3.63, 3.8) is 0 Å². The van der Waals surface area contributed by atoms with Gasteiger partial charge in [0.1, 0.15) is 4.90 Å². The number of hydrogen-bond acceptors (Lipinski definition) is 4. The Kier molecular flexibility index (Phi) is 4.06. The molecule has 2 heterocycles. The number of aromatic nitrogens is 1. The molecule has 0 radical (unpaired) electrons. The van der Waals surface area contributed by atoms with Gasteiger partial charge in [0, 0.05) is 11.8 Å². The number of hydrogen-bond donors (Lipinski definition) is 0. The van der Waals surface area contributed by atoms with Crippen LogP contribution in [0.25, 0.3) is 0 Å². The lowest BCUT2D eigenvalue weighted by molar-refractivity contribution is -0.137. The lowest BCUT2D eigenvalue weighted by atomic mass is 10.1. The average Bonchev–Trinajstić information content (AvgIpc) is 2.90. The largest absolute Gasteiger partial charge is 0.416 e. The number of carbonyl (C=O) groups is 1. The van der Waals surface area contributed by atoms with Crippen LogP contribution in [0.1, 0.15) is 28.4 Å². The molecule has 5 nitrogen and oxygen atoms in total. The van der Waals surface area contributed by atoms with Gasteiger partial charge in [0.2, 0.25) is 0 Å². The van der Waals surface area contributed by atoms with Gasteiger partial charge in [-0.05, 0) is 29.8 Å². The van der Waals surface area contributed by atoms with Crippen molar-refractivity contribution in [3.8, 4) is 0 Å². The third kappa shape index (κ3) is 2.99. The molecule has 1 amide bonds. The third-order valence-corrected chi connectivity index (χ3v) is 5.71. The summed E-state index contributed by atoms with van der Waals surface area (Å²) in [6, 6.07) is 5.68. The van der Waals surface area contributed by atoms with E-state index in [2.05, 4.69) is 4.98 Å². The summed E-state index contributed by atoms with van der Waals surface area (Å²) in [5, 5.41) is 0. The molecule has 0 bridgehead atoms. The molecule has 132 valence electrons. The summed E-state index contributed by atoms with van der Waals surface area (Å²) in [5.41, 5.74) is -0.632. The predicted molar refractivity (Wildman–Crippen MR) is 83.9 cm³/mol. The Morgan fingerprint density at radius 1 is 1.24 bits per heavy atom. The predicted octanol–water partition coefficient (Wildman–Crippen LogP) is 3.05. The molecule has 0 saturated carbocycles. The summed E-state index contributed by atoms with van der Waals surface area (Å²) < 4.78 is 63.0. The van der Waals surface area contributed by atoms with Crippen LogP contribution in [0.5, 0.6) is 0 Å². The molecular weight excluding hydrogens is 357 g/mol. The molecule has 0 aliphatic carbocycles. The fraction of sp³-hybridized carbons (Fsp3) is 0.250. The van der Waals surface area contributed by atoms with E-state index < -0.39 is 27.5 Å². The summed E-state index contributed by atoms with van der Waals surface area (Å²) in [5.74, 6) is -0.953. The SMILES string of the molecule is CCS(=O)(=O)c1cccnc1N1Cc2ccc(C(F)(F)F)cc2C1=O. The van der Waals surface area contributed by atoms with Gasteiger partial charge < -0.3 is 0 Å². The second-order valence-electron chi connectivity index (χ2n) is 5.49. The monoisotopic (exact) mass is 370 g/mol. The fourth-order valence-corrected chi connectivity index (χ4v) is 3.67. The Labute approximate surface area is 142 Å². The maximum atomic E-state index is 12.9. The van der Waals surface area contributed by atoms with Gasteiger partial charge in [0.15, 0.2) is 15.7 Å². The first-order valence-electron chi connectivity index (χ1n) is 7.35. The molecule has 0 unspecified atom stereocenters. The van der Waals surface area contributed by atoms with E-state index in [9.17, 15) is 26.4 Å². The first-order chi connectivity index (χ1) is 11.6. The molecule has 1 aliphatic heterocycles. The second-order valence-corrected chi connectivity index (χ2v) is 7.74. The minimum atomic E-state index is -4.57. The standard InChI is InChI=1S/C16H13F3N2O3S/c1-2-25(23,24)13-4-3-7-20-14(13)21-9-10-5-6-11(16(17,18)19)8-12(10)15(21)22/h3-8H,2,9H2,1H3. The van der Waals surface area contributed by atoms with Gasteiger partial charge in [-0.15, -0.1) is 0 Å². The second kappa shape index (κ2) is 5.83. The van der Waals surface area contributed by atoms with Crippen LogP contribution in [0, 0.1) is 0 Å². The number of sulfone groups is 1. The fourth-order valence-electron chi connectivity index (χ4n) is 2.63. The van der Waals surface area contributed by atoms with Crippen molar-refractivity contribution in [2.75, 3.05) is 10.7 Å². The number of halogens is 3. The van der Waals surface area contributed by atoms with Crippen LogP contribution in [0.2, 0.25) is 0 Å². The minimum Gasteiger partial charge on any atom is -0.287 e. The van der Waals surface area contributed by atoms with Gasteiger partial charge in [-0.1, -0.05) is 13.0 Å². The highest BCUT2D eigenvalue weighted by Crippen LogP contribution is 2.35. The molecule has 0 atom stereocenters. The van der Waals surface area contributed by atoms with E-state index in [4.69, 9.17) is 0 Å². The van der Waals surface area contributed by atoms with Gasteiger partial charge in [-0.3, -0.25) is 9.69 Å². The molecule has 0 saturated heterocycles. The number of alkyl halides is 3. The number of rotatable bonds is 3. The molecule has 2 aromatic rings. The van der Waals surface area contributed by atoms with Gasteiger partial charge in [-0.25, -0.2) is 13.4 Å². The van der Waals surface area contributed by atoms with E-state index in [-0.39, 0.29) is 28.6 Å². The zero-order valence-corrected chi connectivity index (χ0v) is 13.9. The van der Waals surface area contributed by atoms with E-state index in [1.807, 2.05) is 0 Å². The number of pyridine rings is 1. The molecule has 0 spiro atoms. The van der Waals surface area contributed by atoms with Crippen LogP contribution in [0.15, 0.2) is 41.4 Å². The van der Waals surface area contributed by atoms with Crippen molar-refractivity contribution < 1.29 is 26.4 Å². The van der Waals surface area contributed by atoms with Crippen LogP contribution < -0.4 is 4.90 Å². The van der Waals surface area contributed by atoms with Crippen LogP contribution in [0.3, 0.4) is 0 Å². The van der Waals surface area contributed by atoms with E-state index in [0.717, 1.165) is 17.0 Å². The molecule has 9 heteroatoms. The molecule has 1 aliphatic rings. The maximum Gasteiger partial charge on any atom is 0.416 e. The van der Waals surface area contributed by atoms with Crippen LogP contribution in [-0.4, -0.2) is 25.1 Å². The third-order valence-electron chi connectivity index (χ3n) is 3.96. The Hall–Kier alpha value is -2.42. The zero-order valence-electron chi connectivity index (χ0n) is 13.0. The van der Waals surface area contributed by atoms with Crippen LogP contribution in [0.4, 0.5) is 19.0 Å². The molecule has 0 N–H and O–H groups in total. The highest BCUT2D eigenvalue weighted by atomic mass is 32.2. The Morgan fingerprint density at radius 2 is 1.96 bits per heavy atom. The molecule has 25 heavy (non-hydrogen) atoms. The van der Waals surface area contributed by atoms with Crippen molar-refractivity contribution in [1.29, 1.82) is 0 Å². The quantitative estimate of drug-likeness (QED) is 0.833. The lowest BCUT2D eigenvalue weighted by Gasteiger charge is -2.17. The summed E-state index contributed by atoms with van der Waals surface area (Å²) in [7, 11) is -3.64. The number of nitrogens with zero attached hydrogens (tertiary/aromatic N) is 2. The lowest BCUT2D eigenvalue weighted by Crippen LogP contribution is -2.26. The normalized spacial score (nSPS) is 14.7. The molecular formula is C16H13F3N2O3S. The topological polar surface area (TPSA) is 67.3 Å². The Bertz CT molecular complexity index is 955. The number of anilines is 1. The van der Waals surface area contributed by atoms with Crippen molar-refractivity contribution in [3.05, 3.63) is 53.2 Å². The van der Waals surface area contributed by atoms with Crippen molar-refractivity contribution in [2.45, 2.75) is 24.5 Å². The van der Waals surface area contributed by atoms with Crippen molar-refractivity contribution >= 4 is 21.6 Å². The number of benzene rings is 1. The zero-order chi connectivity index (χ0) is 18.4. The van der Waals surface area contributed by atoms with Crippen LogP contribution in [-0.2, 0) is 22.6 Å². The average molecular weight is 370 g/mol. The van der Waals surface area contributed by atoms with Gasteiger partial charge >= 0.3 is 6.18 Å². The van der Waals surface area contributed by atoms with E-state index >= 15 is 0 Å². The summed E-state index contributed by atoms with van der Waals surface area (Å²) in [4.78, 5) is 17.5. The van der Waals surface area contributed by atoms with E-state index in [1.165, 1.54) is 31.3 Å². The first-order valence-corrected chi connectivity index (χ1v) is 9.00. The molecule has 1 aromatic carbocycles. The smallest absolute Gasteiger partial charge is 0.287 e. The summed E-state index contributed by atoms with van der Waals surface area (Å²) >= 11 is 0. The first kappa shape index (κ1) is 17.4. The van der Waals surface area contributed by atoms with Crippen LogP contribution >= 0.6 is 0 Å². The van der Waals surface area contributed by atoms with Crippen molar-refractivity contribution in [2.24, 2.45) is 0 Å². The van der Waals surface area contributed by atoms with Gasteiger partial charge in [0.25, 0.3) is 5.91 Å². The highest BCUT2D eigenvalue weighted by molar-refractivity contribution is 7.91. The number of amides is 1. The van der Waals surface area contributed by atoms with Gasteiger partial charge in [-0.2, -0.15) is 13.2 Å². The molecule has 1 aromatic heterocycles. The summed E-state index contributed by atoms with van der Waals surface area (Å²) in [6.07, 6.45) is -3.23. The Balaban J connectivity index is 2.07. The number of carbonyl (C=O) groups excluding carboxylic acids is 1. The highest BCUT2D eigenvalue weighted by Gasteiger charge is 2.37. The maximum absolute atomic E-state index is 12.9. The van der Waals surface area contributed by atoms with Gasteiger partial charge in [0.05, 0.1) is 17.9 Å². The Morgan fingerprint density at radius 3 is 2.60 bits per heavy atom. The van der Waals surface area contributed by atoms with E-state index in [1.54, 1.807) is 0 Å². The summed E-state index contributed by atoms with van der Waals surface area (Å²) in [6.45, 7) is 1.43. The van der Waals surface area contributed by atoms with Crippen molar-refractivity contribution in [1.82, 2.24) is 4.98 Å².